The van der Waals surface area contributed by atoms with Gasteiger partial charge in [-0.2, -0.15) is 0 Å². The molecule has 0 bridgehead atoms. The minimum Gasteiger partial charge on any atom is -0.467 e. The number of ether oxygens (including phenoxy) is 2. The van der Waals surface area contributed by atoms with Crippen LogP contribution in [0.3, 0.4) is 0 Å². The van der Waals surface area contributed by atoms with Gasteiger partial charge in [0.25, 0.3) is 0 Å². The van der Waals surface area contributed by atoms with Crippen molar-refractivity contribution in [1.82, 2.24) is 0 Å². The Morgan fingerprint density at radius 1 is 0.929 bits per heavy atom. The maximum atomic E-state index is 8.61. The Morgan fingerprint density at radius 3 is 1.57 bits per heavy atom. The van der Waals surface area contributed by atoms with E-state index < -0.39 is 0 Å². The van der Waals surface area contributed by atoms with Gasteiger partial charge in [0.15, 0.2) is 13.6 Å². The van der Waals surface area contributed by atoms with Crippen LogP contribution in [0.5, 0.6) is 11.5 Å². The normalized spacial score (nSPS) is 10.0. The van der Waals surface area contributed by atoms with E-state index in [1.807, 2.05) is 13.8 Å². The highest BCUT2D eigenvalue weighted by molar-refractivity contribution is 5.46. The summed E-state index contributed by atoms with van der Waals surface area (Å²) in [7, 11) is 0. The highest BCUT2D eigenvalue weighted by Crippen LogP contribution is 2.28. The van der Waals surface area contributed by atoms with Crippen molar-refractivity contribution in [3.05, 3.63) is 23.3 Å². The van der Waals surface area contributed by atoms with Crippen LogP contribution in [0.25, 0.3) is 0 Å². The molecule has 0 aliphatic carbocycles. The zero-order chi connectivity index (χ0) is 10.6. The third-order valence-electron chi connectivity index (χ3n) is 2.13. The molecule has 0 radical (unpaired) electrons. The molecule has 0 unspecified atom stereocenters. The van der Waals surface area contributed by atoms with Gasteiger partial charge in [0.2, 0.25) is 0 Å². The molecule has 1 aromatic carbocycles. The molecule has 0 atom stereocenters. The molecule has 2 N–H and O–H groups in total. The van der Waals surface area contributed by atoms with Crippen LogP contribution < -0.4 is 9.47 Å². The van der Waals surface area contributed by atoms with Crippen LogP contribution in [0.4, 0.5) is 0 Å². The van der Waals surface area contributed by atoms with Crippen LogP contribution in [-0.2, 0) is 0 Å². The standard InChI is InChI=1S/C10H14O4/c1-7-8(2)10(14-6-12)4-3-9(7)13-5-11/h3-4,11-12H,5-6H2,1-2H3. The van der Waals surface area contributed by atoms with Gasteiger partial charge in [0.05, 0.1) is 0 Å². The van der Waals surface area contributed by atoms with Crippen LogP contribution >= 0.6 is 0 Å². The van der Waals surface area contributed by atoms with E-state index in [0.717, 1.165) is 11.1 Å². The lowest BCUT2D eigenvalue weighted by Crippen LogP contribution is -2.01. The van der Waals surface area contributed by atoms with Crippen molar-refractivity contribution in [3.8, 4) is 11.5 Å². The van der Waals surface area contributed by atoms with Crippen molar-refractivity contribution in [2.24, 2.45) is 0 Å². The molecular formula is C10H14O4. The Hall–Kier alpha value is -1.26. The zero-order valence-corrected chi connectivity index (χ0v) is 8.28. The molecule has 1 rings (SSSR count). The van der Waals surface area contributed by atoms with Gasteiger partial charge in [-0.15, -0.1) is 0 Å². The first-order chi connectivity index (χ1) is 6.70. The lowest BCUT2D eigenvalue weighted by atomic mass is 10.1. The average Bonchev–Trinajstić information content (AvgIpc) is 2.18. The van der Waals surface area contributed by atoms with Gasteiger partial charge in [0, 0.05) is 0 Å². The van der Waals surface area contributed by atoms with E-state index in [9.17, 15) is 0 Å². The highest BCUT2D eigenvalue weighted by atomic mass is 16.6. The summed E-state index contributed by atoms with van der Waals surface area (Å²) in [6, 6.07) is 3.40. The Morgan fingerprint density at radius 2 is 1.29 bits per heavy atom. The van der Waals surface area contributed by atoms with Gasteiger partial charge >= 0.3 is 0 Å². The first kappa shape index (κ1) is 10.8. The summed E-state index contributed by atoms with van der Waals surface area (Å²) in [5, 5.41) is 17.2. The molecule has 0 aliphatic rings. The molecular weight excluding hydrogens is 184 g/mol. The largest absolute Gasteiger partial charge is 0.467 e. The maximum Gasteiger partial charge on any atom is 0.186 e. The topological polar surface area (TPSA) is 58.9 Å². The van der Waals surface area contributed by atoms with E-state index in [-0.39, 0.29) is 13.6 Å². The number of hydrogen-bond acceptors (Lipinski definition) is 4. The minimum atomic E-state index is -0.347. The zero-order valence-electron chi connectivity index (χ0n) is 8.28. The molecule has 0 heterocycles. The number of benzene rings is 1. The van der Waals surface area contributed by atoms with Crippen molar-refractivity contribution in [2.75, 3.05) is 13.6 Å². The SMILES string of the molecule is Cc1c(OCO)ccc(OCO)c1C. The average molecular weight is 198 g/mol. The van der Waals surface area contributed by atoms with Crippen LogP contribution in [0.2, 0.25) is 0 Å². The Labute approximate surface area is 82.7 Å². The molecule has 0 saturated carbocycles. The van der Waals surface area contributed by atoms with E-state index >= 15 is 0 Å². The van der Waals surface area contributed by atoms with Crippen molar-refractivity contribution < 1.29 is 19.7 Å². The third-order valence-corrected chi connectivity index (χ3v) is 2.13. The van der Waals surface area contributed by atoms with Gasteiger partial charge in [0.1, 0.15) is 11.5 Å². The van der Waals surface area contributed by atoms with E-state index in [1.165, 1.54) is 0 Å². The highest BCUT2D eigenvalue weighted by Gasteiger charge is 2.07. The van der Waals surface area contributed by atoms with E-state index in [2.05, 4.69) is 0 Å². The van der Waals surface area contributed by atoms with Crippen LogP contribution in [0, 0.1) is 13.8 Å². The quantitative estimate of drug-likeness (QED) is 0.707. The van der Waals surface area contributed by atoms with Crippen LogP contribution in [-0.4, -0.2) is 23.8 Å². The summed E-state index contributed by atoms with van der Waals surface area (Å²) in [6.45, 7) is 3.04. The van der Waals surface area contributed by atoms with Gasteiger partial charge in [-0.05, 0) is 37.1 Å². The summed E-state index contributed by atoms with van der Waals surface area (Å²) in [5.74, 6) is 1.24. The van der Waals surface area contributed by atoms with Crippen LogP contribution in [0.15, 0.2) is 12.1 Å². The summed E-state index contributed by atoms with van der Waals surface area (Å²) in [5.41, 5.74) is 1.79. The Bertz CT molecular complexity index is 278. The number of rotatable bonds is 4. The van der Waals surface area contributed by atoms with Gasteiger partial charge in [-0.1, -0.05) is 0 Å². The summed E-state index contributed by atoms with van der Waals surface area (Å²) in [4.78, 5) is 0. The summed E-state index contributed by atoms with van der Waals surface area (Å²) < 4.78 is 9.98. The molecule has 1 aromatic rings. The van der Waals surface area contributed by atoms with Crippen molar-refractivity contribution in [1.29, 1.82) is 0 Å². The first-order valence-corrected chi connectivity index (χ1v) is 4.28. The maximum absolute atomic E-state index is 8.61. The second-order valence-electron chi connectivity index (χ2n) is 2.86. The van der Waals surface area contributed by atoms with E-state index in [1.54, 1.807) is 12.1 Å². The van der Waals surface area contributed by atoms with Crippen molar-refractivity contribution in [2.45, 2.75) is 13.8 Å². The van der Waals surface area contributed by atoms with Gasteiger partial charge in [-0.3, -0.25) is 0 Å². The predicted octanol–water partition coefficient (Wildman–Crippen LogP) is 0.961. The van der Waals surface area contributed by atoms with E-state index in [4.69, 9.17) is 19.7 Å². The molecule has 0 aliphatic heterocycles. The van der Waals surface area contributed by atoms with Gasteiger partial charge < -0.3 is 19.7 Å². The lowest BCUT2D eigenvalue weighted by Gasteiger charge is -2.12. The van der Waals surface area contributed by atoms with E-state index in [0.29, 0.717) is 11.5 Å². The fourth-order valence-corrected chi connectivity index (χ4v) is 1.22. The molecule has 0 fully saturated rings. The molecule has 78 valence electrons. The van der Waals surface area contributed by atoms with Crippen LogP contribution in [0.1, 0.15) is 11.1 Å². The second-order valence-corrected chi connectivity index (χ2v) is 2.86. The number of hydrogen-bond donors (Lipinski definition) is 2. The lowest BCUT2D eigenvalue weighted by molar-refractivity contribution is 0.0935. The number of aliphatic hydroxyl groups excluding tert-OH is 2. The molecule has 4 heteroatoms. The molecule has 14 heavy (non-hydrogen) atoms. The molecule has 0 spiro atoms. The fraction of sp³-hybridized carbons (Fsp3) is 0.400. The van der Waals surface area contributed by atoms with Crippen molar-refractivity contribution >= 4 is 0 Å². The molecule has 0 saturated heterocycles. The second kappa shape index (κ2) is 4.83. The third kappa shape index (κ3) is 2.16. The molecule has 0 amide bonds. The first-order valence-electron chi connectivity index (χ1n) is 4.28. The fourth-order valence-electron chi connectivity index (χ4n) is 1.22. The minimum absolute atomic E-state index is 0.347. The Kier molecular flexibility index (Phi) is 3.73. The molecule has 0 aromatic heterocycles. The summed E-state index contributed by atoms with van der Waals surface area (Å²) in [6.07, 6.45) is 0. The summed E-state index contributed by atoms with van der Waals surface area (Å²) >= 11 is 0. The molecule has 4 nitrogen and oxygen atoms in total. The van der Waals surface area contributed by atoms with Crippen molar-refractivity contribution in [3.63, 3.8) is 0 Å². The smallest absolute Gasteiger partial charge is 0.186 e. The monoisotopic (exact) mass is 198 g/mol. The predicted molar refractivity (Wildman–Crippen MR) is 51.3 cm³/mol. The Balaban J connectivity index is 2.99. The van der Waals surface area contributed by atoms with Gasteiger partial charge in [-0.25, -0.2) is 0 Å². The number of aliphatic hydroxyl groups is 2.